The first-order valence-electron chi connectivity index (χ1n) is 5.94. The zero-order valence-corrected chi connectivity index (χ0v) is 9.21. The highest BCUT2D eigenvalue weighted by Gasteiger charge is 2.41. The molecule has 1 N–H and O–H groups in total. The van der Waals surface area contributed by atoms with Gasteiger partial charge in [-0.15, -0.1) is 0 Å². The highest BCUT2D eigenvalue weighted by Crippen LogP contribution is 2.36. The largest absolute Gasteiger partial charge is 0.392 e. The van der Waals surface area contributed by atoms with Gasteiger partial charge in [-0.3, -0.25) is 0 Å². The molecule has 0 bridgehead atoms. The minimum Gasteiger partial charge on any atom is -0.392 e. The van der Waals surface area contributed by atoms with Crippen LogP contribution in [0.2, 0.25) is 0 Å². The number of halogens is 3. The number of alkyl halides is 3. The molecule has 0 spiro atoms. The number of hydrogen-bond acceptors (Lipinski definition) is 2. The van der Waals surface area contributed by atoms with Gasteiger partial charge in [-0.25, -0.2) is 0 Å². The Morgan fingerprint density at radius 2 is 1.69 bits per heavy atom. The van der Waals surface area contributed by atoms with Crippen LogP contribution < -0.4 is 0 Å². The van der Waals surface area contributed by atoms with Crippen molar-refractivity contribution in [3.05, 3.63) is 0 Å². The fourth-order valence-corrected chi connectivity index (χ4v) is 2.34. The number of aliphatic hydroxyl groups excluding tert-OH is 1. The summed E-state index contributed by atoms with van der Waals surface area (Å²) in [5.41, 5.74) is 0. The SMILES string of the molecule is OC(CN1CCC(C(F)(F)F)CC1)C1CC1. The van der Waals surface area contributed by atoms with Crippen LogP contribution in [0.5, 0.6) is 0 Å². The summed E-state index contributed by atoms with van der Waals surface area (Å²) in [5.74, 6) is -0.734. The van der Waals surface area contributed by atoms with Crippen molar-refractivity contribution < 1.29 is 18.3 Å². The van der Waals surface area contributed by atoms with E-state index in [1.165, 1.54) is 0 Å². The Balaban J connectivity index is 1.72. The summed E-state index contributed by atoms with van der Waals surface area (Å²) in [6, 6.07) is 0. The molecule has 16 heavy (non-hydrogen) atoms. The lowest BCUT2D eigenvalue weighted by Gasteiger charge is -2.33. The van der Waals surface area contributed by atoms with Crippen LogP contribution in [0.1, 0.15) is 25.7 Å². The van der Waals surface area contributed by atoms with E-state index in [-0.39, 0.29) is 18.9 Å². The molecule has 1 saturated heterocycles. The Bertz CT molecular complexity index is 232. The molecular formula is C11H18F3NO. The lowest BCUT2D eigenvalue weighted by Crippen LogP contribution is -2.42. The Labute approximate surface area is 93.4 Å². The Hall–Kier alpha value is -0.290. The highest BCUT2D eigenvalue weighted by atomic mass is 19.4. The summed E-state index contributed by atoms with van der Waals surface area (Å²) in [6.07, 6.45) is -1.87. The fourth-order valence-electron chi connectivity index (χ4n) is 2.34. The normalized spacial score (nSPS) is 27.0. The third-order valence-electron chi connectivity index (χ3n) is 3.66. The van der Waals surface area contributed by atoms with Gasteiger partial charge in [0.05, 0.1) is 12.0 Å². The summed E-state index contributed by atoms with van der Waals surface area (Å²) in [7, 11) is 0. The molecule has 94 valence electrons. The molecule has 0 radical (unpaired) electrons. The van der Waals surface area contributed by atoms with Crippen molar-refractivity contribution in [1.82, 2.24) is 4.90 Å². The average molecular weight is 237 g/mol. The van der Waals surface area contributed by atoms with Crippen LogP contribution in [0.3, 0.4) is 0 Å². The third kappa shape index (κ3) is 3.10. The van der Waals surface area contributed by atoms with Gasteiger partial charge in [0.15, 0.2) is 0 Å². The van der Waals surface area contributed by atoms with E-state index >= 15 is 0 Å². The molecule has 1 unspecified atom stereocenters. The molecule has 2 rings (SSSR count). The third-order valence-corrected chi connectivity index (χ3v) is 3.66. The number of piperidine rings is 1. The van der Waals surface area contributed by atoms with Gasteiger partial charge in [0.25, 0.3) is 0 Å². The van der Waals surface area contributed by atoms with E-state index in [9.17, 15) is 18.3 Å². The molecule has 2 fully saturated rings. The number of aliphatic hydroxyl groups is 1. The molecular weight excluding hydrogens is 219 g/mol. The lowest BCUT2D eigenvalue weighted by molar-refractivity contribution is -0.185. The van der Waals surface area contributed by atoms with E-state index in [4.69, 9.17) is 0 Å². The number of likely N-dealkylation sites (tertiary alicyclic amines) is 1. The van der Waals surface area contributed by atoms with E-state index in [2.05, 4.69) is 0 Å². The minimum absolute atomic E-state index is 0.181. The van der Waals surface area contributed by atoms with Gasteiger partial charge in [0, 0.05) is 6.54 Å². The molecule has 0 aromatic carbocycles. The second-order valence-electron chi connectivity index (χ2n) is 5.02. The Morgan fingerprint density at radius 1 is 1.12 bits per heavy atom. The molecule has 5 heteroatoms. The molecule has 1 aliphatic carbocycles. The first-order valence-corrected chi connectivity index (χ1v) is 5.94. The number of nitrogens with zero attached hydrogens (tertiary/aromatic N) is 1. The smallest absolute Gasteiger partial charge is 0.391 e. The summed E-state index contributed by atoms with van der Waals surface area (Å²) in [4.78, 5) is 1.96. The average Bonchev–Trinajstić information content (AvgIpc) is 3.00. The molecule has 1 atom stereocenters. The van der Waals surface area contributed by atoms with Gasteiger partial charge in [-0.2, -0.15) is 13.2 Å². The van der Waals surface area contributed by atoms with Gasteiger partial charge >= 0.3 is 6.18 Å². The topological polar surface area (TPSA) is 23.5 Å². The van der Waals surface area contributed by atoms with Crippen LogP contribution in [0.4, 0.5) is 13.2 Å². The molecule has 1 saturated carbocycles. The maximum atomic E-state index is 12.4. The first-order chi connectivity index (χ1) is 7.47. The highest BCUT2D eigenvalue weighted by molar-refractivity contribution is 4.85. The second-order valence-corrected chi connectivity index (χ2v) is 5.02. The molecule has 1 heterocycles. The van der Waals surface area contributed by atoms with Crippen LogP contribution in [0, 0.1) is 11.8 Å². The van der Waals surface area contributed by atoms with Crippen molar-refractivity contribution in [2.24, 2.45) is 11.8 Å². The minimum atomic E-state index is -4.04. The van der Waals surface area contributed by atoms with Crippen molar-refractivity contribution >= 4 is 0 Å². The van der Waals surface area contributed by atoms with Crippen molar-refractivity contribution in [2.75, 3.05) is 19.6 Å². The summed E-state index contributed by atoms with van der Waals surface area (Å²) < 4.78 is 37.2. The van der Waals surface area contributed by atoms with E-state index < -0.39 is 12.1 Å². The van der Waals surface area contributed by atoms with Crippen LogP contribution in [-0.4, -0.2) is 41.9 Å². The summed E-state index contributed by atoms with van der Waals surface area (Å²) >= 11 is 0. The van der Waals surface area contributed by atoms with Crippen molar-refractivity contribution in [3.8, 4) is 0 Å². The van der Waals surface area contributed by atoms with Gasteiger partial charge in [-0.1, -0.05) is 0 Å². The number of hydrogen-bond donors (Lipinski definition) is 1. The Kier molecular flexibility index (Phi) is 3.45. The zero-order chi connectivity index (χ0) is 11.8. The zero-order valence-electron chi connectivity index (χ0n) is 9.21. The predicted molar refractivity (Wildman–Crippen MR) is 53.9 cm³/mol. The maximum absolute atomic E-state index is 12.4. The first kappa shape index (κ1) is 12.2. The van der Waals surface area contributed by atoms with Crippen LogP contribution in [0.15, 0.2) is 0 Å². The molecule has 0 aromatic rings. The van der Waals surface area contributed by atoms with Crippen LogP contribution >= 0.6 is 0 Å². The summed E-state index contributed by atoms with van der Waals surface area (Å²) in [6.45, 7) is 1.48. The van der Waals surface area contributed by atoms with E-state index in [0.29, 0.717) is 25.6 Å². The van der Waals surface area contributed by atoms with E-state index in [0.717, 1.165) is 12.8 Å². The van der Waals surface area contributed by atoms with Gasteiger partial charge in [-0.05, 0) is 44.7 Å². The molecule has 2 nitrogen and oxygen atoms in total. The molecule has 0 aromatic heterocycles. The van der Waals surface area contributed by atoms with Crippen LogP contribution in [-0.2, 0) is 0 Å². The maximum Gasteiger partial charge on any atom is 0.391 e. The molecule has 2 aliphatic rings. The van der Waals surface area contributed by atoms with Crippen molar-refractivity contribution in [3.63, 3.8) is 0 Å². The molecule has 0 amide bonds. The van der Waals surface area contributed by atoms with Crippen molar-refractivity contribution in [1.29, 1.82) is 0 Å². The monoisotopic (exact) mass is 237 g/mol. The van der Waals surface area contributed by atoms with Gasteiger partial charge in [0.2, 0.25) is 0 Å². The van der Waals surface area contributed by atoms with Crippen LogP contribution in [0.25, 0.3) is 0 Å². The van der Waals surface area contributed by atoms with Crippen molar-refractivity contribution in [2.45, 2.75) is 38.0 Å². The predicted octanol–water partition coefficient (Wildman–Crippen LogP) is 2.03. The van der Waals surface area contributed by atoms with Gasteiger partial charge < -0.3 is 10.0 Å². The molecule has 1 aliphatic heterocycles. The van der Waals surface area contributed by atoms with Gasteiger partial charge in [0.1, 0.15) is 0 Å². The fraction of sp³-hybridized carbons (Fsp3) is 1.00. The lowest BCUT2D eigenvalue weighted by atomic mass is 9.96. The number of rotatable bonds is 3. The quantitative estimate of drug-likeness (QED) is 0.812. The van der Waals surface area contributed by atoms with E-state index in [1.807, 2.05) is 4.90 Å². The second kappa shape index (κ2) is 4.53. The number of β-amino-alcohol motifs (C(OH)–C–C–N with tert-alkyl or cyclic N) is 1. The summed E-state index contributed by atoms with van der Waals surface area (Å²) in [5, 5.41) is 9.70. The van der Waals surface area contributed by atoms with E-state index in [1.54, 1.807) is 0 Å². The standard InChI is InChI=1S/C11H18F3NO/c12-11(13,14)9-3-5-15(6-4-9)7-10(16)8-1-2-8/h8-10,16H,1-7H2. The Morgan fingerprint density at radius 3 is 2.12 bits per heavy atom.